The van der Waals surface area contributed by atoms with E-state index in [1.807, 2.05) is 13.8 Å². The van der Waals surface area contributed by atoms with Gasteiger partial charge in [-0.3, -0.25) is 0 Å². The number of carboxylic acid groups (broad SMARTS) is 1. The van der Waals surface area contributed by atoms with E-state index in [1.165, 1.54) is 12.7 Å². The number of esters is 1. The molecular formula is C11H18O5. The second-order valence-corrected chi connectivity index (χ2v) is 3.04. The van der Waals surface area contributed by atoms with Gasteiger partial charge in [-0.15, -0.1) is 6.58 Å². The molecule has 0 aliphatic heterocycles. The smallest absolute Gasteiger partial charge is 0.331 e. The Morgan fingerprint density at radius 1 is 1.25 bits per heavy atom. The fraction of sp³-hybridized carbons (Fsp3) is 0.455. The minimum Gasteiger partial charge on any atom is -0.478 e. The average Bonchev–Trinajstić information content (AvgIpc) is 2.14. The summed E-state index contributed by atoms with van der Waals surface area (Å²) in [6.45, 7) is 7.92. The topological polar surface area (TPSA) is 72.8 Å². The minimum atomic E-state index is -1.18. The van der Waals surface area contributed by atoms with Gasteiger partial charge in [0.25, 0.3) is 0 Å². The summed E-state index contributed by atoms with van der Waals surface area (Å²) in [5.41, 5.74) is 1.17. The molecule has 0 aromatic carbocycles. The van der Waals surface area contributed by atoms with Crippen molar-refractivity contribution in [1.82, 2.24) is 0 Å². The van der Waals surface area contributed by atoms with E-state index < -0.39 is 11.9 Å². The molecule has 0 aliphatic rings. The highest BCUT2D eigenvalue weighted by Gasteiger charge is 1.96. The third-order valence-electron chi connectivity index (χ3n) is 0.894. The summed E-state index contributed by atoms with van der Waals surface area (Å²) in [5.74, 6) is -1.87. The molecule has 1 N–H and O–H groups in total. The van der Waals surface area contributed by atoms with Crippen molar-refractivity contribution < 1.29 is 24.2 Å². The van der Waals surface area contributed by atoms with Gasteiger partial charge >= 0.3 is 11.9 Å². The maximum atomic E-state index is 10.6. The van der Waals surface area contributed by atoms with Crippen LogP contribution in [-0.4, -0.2) is 37.4 Å². The summed E-state index contributed by atoms with van der Waals surface area (Å²) >= 11 is 0. The summed E-state index contributed by atoms with van der Waals surface area (Å²) in [5, 5.41) is 8.11. The minimum absolute atomic E-state index is 0.124. The number of methoxy groups -OCH3 is 1. The van der Waals surface area contributed by atoms with Crippen LogP contribution in [0.2, 0.25) is 0 Å². The van der Waals surface area contributed by atoms with E-state index in [2.05, 4.69) is 16.1 Å². The Morgan fingerprint density at radius 2 is 1.75 bits per heavy atom. The van der Waals surface area contributed by atoms with Gasteiger partial charge in [-0.05, 0) is 13.8 Å². The number of carbonyl (C=O) groups is 2. The van der Waals surface area contributed by atoms with Gasteiger partial charge in [-0.2, -0.15) is 0 Å². The van der Waals surface area contributed by atoms with Crippen LogP contribution >= 0.6 is 0 Å². The summed E-state index contributed by atoms with van der Waals surface area (Å²) in [6.07, 6.45) is 1.56. The molecule has 0 aromatic rings. The quantitative estimate of drug-likeness (QED) is 0.334. The molecule has 0 radical (unpaired) electrons. The summed E-state index contributed by atoms with van der Waals surface area (Å²) < 4.78 is 9.12. The molecule has 0 aromatic heterocycles. The lowest BCUT2D eigenvalue weighted by atomic mass is 10.4. The van der Waals surface area contributed by atoms with Crippen LogP contribution < -0.4 is 0 Å². The van der Waals surface area contributed by atoms with Crippen molar-refractivity contribution in [2.24, 2.45) is 0 Å². The van der Waals surface area contributed by atoms with E-state index in [-0.39, 0.29) is 6.61 Å². The highest BCUT2D eigenvalue weighted by molar-refractivity contribution is 5.90. The molecule has 0 heterocycles. The molecule has 92 valence electrons. The predicted molar refractivity (Wildman–Crippen MR) is 60.1 cm³/mol. The lowest BCUT2D eigenvalue weighted by Gasteiger charge is -1.98. The Kier molecular flexibility index (Phi) is 12.0. The van der Waals surface area contributed by atoms with Gasteiger partial charge in [0.2, 0.25) is 0 Å². The first-order valence-corrected chi connectivity index (χ1v) is 4.59. The highest BCUT2D eigenvalue weighted by Crippen LogP contribution is 1.82. The van der Waals surface area contributed by atoms with Crippen molar-refractivity contribution in [1.29, 1.82) is 0 Å². The lowest BCUT2D eigenvalue weighted by molar-refractivity contribution is -0.139. The molecule has 0 atom stereocenters. The van der Waals surface area contributed by atoms with Crippen LogP contribution in [0.5, 0.6) is 0 Å². The fourth-order valence-corrected chi connectivity index (χ4v) is 0.413. The van der Waals surface area contributed by atoms with Crippen LogP contribution in [0.3, 0.4) is 0 Å². The second-order valence-electron chi connectivity index (χ2n) is 3.04. The molecule has 0 aliphatic carbocycles. The molecular weight excluding hydrogens is 212 g/mol. The zero-order valence-electron chi connectivity index (χ0n) is 9.86. The Labute approximate surface area is 95.4 Å². The highest BCUT2D eigenvalue weighted by atomic mass is 16.6. The molecule has 16 heavy (non-hydrogen) atoms. The van der Waals surface area contributed by atoms with Gasteiger partial charge in [-0.25, -0.2) is 9.59 Å². The number of hydrogen-bond donors (Lipinski definition) is 1. The molecule has 0 saturated carbocycles. The molecule has 0 bridgehead atoms. The van der Waals surface area contributed by atoms with Gasteiger partial charge in [-0.1, -0.05) is 5.57 Å². The zero-order chi connectivity index (χ0) is 13.0. The monoisotopic (exact) mass is 230 g/mol. The van der Waals surface area contributed by atoms with Gasteiger partial charge in [0.15, 0.2) is 0 Å². The first kappa shape index (κ1) is 16.8. The molecule has 0 spiro atoms. The van der Waals surface area contributed by atoms with E-state index >= 15 is 0 Å². The lowest BCUT2D eigenvalue weighted by Crippen LogP contribution is -2.07. The average molecular weight is 230 g/mol. The molecule has 0 fully saturated rings. The normalized spacial score (nSPS) is 9.19. The van der Waals surface area contributed by atoms with Crippen LogP contribution in [0.25, 0.3) is 0 Å². The predicted octanol–water partition coefficient (Wildman–Crippen LogP) is 1.40. The first-order chi connectivity index (χ1) is 7.40. The van der Waals surface area contributed by atoms with Crippen molar-refractivity contribution >= 4 is 11.9 Å². The van der Waals surface area contributed by atoms with E-state index in [9.17, 15) is 9.59 Å². The van der Waals surface area contributed by atoms with E-state index in [4.69, 9.17) is 5.11 Å². The Balaban J connectivity index is 0. The van der Waals surface area contributed by atoms with Crippen LogP contribution in [0.15, 0.2) is 24.3 Å². The van der Waals surface area contributed by atoms with Crippen LogP contribution in [-0.2, 0) is 19.1 Å². The standard InChI is InChI=1S/C7H10O5.C4H8/c1-11-4-5-12-7(10)3-2-6(8)9;1-4(2)3/h2-3H,4-5H2,1H3,(H,8,9);1H2,2-3H3/b3-2-;. The Hall–Kier alpha value is -1.62. The largest absolute Gasteiger partial charge is 0.478 e. The Morgan fingerprint density at radius 3 is 2.12 bits per heavy atom. The molecule has 0 saturated heterocycles. The van der Waals surface area contributed by atoms with Crippen molar-refractivity contribution in [3.63, 3.8) is 0 Å². The maximum absolute atomic E-state index is 10.6. The van der Waals surface area contributed by atoms with E-state index in [0.717, 1.165) is 12.2 Å². The van der Waals surface area contributed by atoms with Gasteiger partial charge in [0.05, 0.1) is 6.61 Å². The van der Waals surface area contributed by atoms with Crippen LogP contribution in [0.1, 0.15) is 13.8 Å². The zero-order valence-corrected chi connectivity index (χ0v) is 9.86. The van der Waals surface area contributed by atoms with Crippen molar-refractivity contribution in [2.45, 2.75) is 13.8 Å². The molecule has 0 amide bonds. The number of carboxylic acids is 1. The van der Waals surface area contributed by atoms with Gasteiger partial charge < -0.3 is 14.6 Å². The SMILES string of the molecule is C=C(C)C.COCCOC(=O)/C=C\C(=O)O. The molecule has 5 nitrogen and oxygen atoms in total. The summed E-state index contributed by atoms with van der Waals surface area (Å²) in [7, 11) is 1.47. The van der Waals surface area contributed by atoms with E-state index in [1.54, 1.807) is 0 Å². The third kappa shape index (κ3) is 22.8. The number of ether oxygens (including phenoxy) is 2. The molecule has 0 unspecified atom stereocenters. The second kappa shape index (κ2) is 11.5. The Bertz CT molecular complexity index is 251. The number of allylic oxidation sites excluding steroid dienone is 1. The van der Waals surface area contributed by atoms with Gasteiger partial charge in [0.1, 0.15) is 6.61 Å². The van der Waals surface area contributed by atoms with Crippen molar-refractivity contribution in [3.05, 3.63) is 24.3 Å². The maximum Gasteiger partial charge on any atom is 0.331 e. The number of hydrogen-bond acceptors (Lipinski definition) is 4. The number of rotatable bonds is 5. The summed E-state index contributed by atoms with van der Waals surface area (Å²) in [4.78, 5) is 20.5. The number of carbonyl (C=O) groups excluding carboxylic acids is 1. The first-order valence-electron chi connectivity index (χ1n) is 4.59. The van der Waals surface area contributed by atoms with Gasteiger partial charge in [0, 0.05) is 19.3 Å². The molecule has 0 rings (SSSR count). The fourth-order valence-electron chi connectivity index (χ4n) is 0.413. The molecule has 5 heteroatoms. The van der Waals surface area contributed by atoms with Crippen molar-refractivity contribution in [3.8, 4) is 0 Å². The van der Waals surface area contributed by atoms with Crippen LogP contribution in [0.4, 0.5) is 0 Å². The third-order valence-corrected chi connectivity index (χ3v) is 0.894. The van der Waals surface area contributed by atoms with Crippen molar-refractivity contribution in [2.75, 3.05) is 20.3 Å². The number of aliphatic carboxylic acids is 1. The summed E-state index contributed by atoms with van der Waals surface area (Å²) in [6, 6.07) is 0. The van der Waals surface area contributed by atoms with E-state index in [0.29, 0.717) is 6.61 Å². The van der Waals surface area contributed by atoms with Crippen LogP contribution in [0, 0.1) is 0 Å².